The summed E-state index contributed by atoms with van der Waals surface area (Å²) in [6.45, 7) is 5.58. The van der Waals surface area contributed by atoms with Gasteiger partial charge in [-0.15, -0.1) is 0 Å². The summed E-state index contributed by atoms with van der Waals surface area (Å²) in [5.74, 6) is -1.00. The summed E-state index contributed by atoms with van der Waals surface area (Å²) in [6.07, 6.45) is 0. The highest BCUT2D eigenvalue weighted by Crippen LogP contribution is 2.17. The van der Waals surface area contributed by atoms with Crippen LogP contribution in [0.2, 0.25) is 0 Å². The van der Waals surface area contributed by atoms with Crippen LogP contribution in [-0.2, 0) is 0 Å². The highest BCUT2D eigenvalue weighted by atomic mass is 16.4. The summed E-state index contributed by atoms with van der Waals surface area (Å²) in [5, 5.41) is 20.6. The molecular formula is C14H20N2O4. The van der Waals surface area contributed by atoms with E-state index in [1.54, 1.807) is 13.0 Å². The minimum absolute atomic E-state index is 0.0410. The summed E-state index contributed by atoms with van der Waals surface area (Å²) < 4.78 is 0. The van der Waals surface area contributed by atoms with Gasteiger partial charge in [0.15, 0.2) is 0 Å². The summed E-state index contributed by atoms with van der Waals surface area (Å²) >= 11 is 0. The number of anilines is 1. The number of hydrogen-bond acceptors (Lipinski definition) is 3. The van der Waals surface area contributed by atoms with E-state index in [4.69, 9.17) is 10.2 Å². The first-order valence-electron chi connectivity index (χ1n) is 6.39. The lowest BCUT2D eigenvalue weighted by molar-refractivity contribution is 0.0697. The molecule has 0 saturated heterocycles. The molecule has 0 radical (unpaired) electrons. The second-order valence-corrected chi connectivity index (χ2v) is 4.78. The number of amides is 2. The number of aliphatic hydroxyl groups is 1. The van der Waals surface area contributed by atoms with Gasteiger partial charge in [0, 0.05) is 18.3 Å². The molecule has 6 heteroatoms. The lowest BCUT2D eigenvalue weighted by atomic mass is 10.1. The Morgan fingerprint density at radius 1 is 1.35 bits per heavy atom. The molecule has 0 aromatic heterocycles. The molecule has 1 rings (SSSR count). The van der Waals surface area contributed by atoms with Gasteiger partial charge in [-0.2, -0.15) is 0 Å². The third-order valence-corrected chi connectivity index (χ3v) is 2.94. The van der Waals surface area contributed by atoms with Gasteiger partial charge in [-0.05, 0) is 44.5 Å². The van der Waals surface area contributed by atoms with Crippen LogP contribution in [0.5, 0.6) is 0 Å². The zero-order chi connectivity index (χ0) is 15.3. The second kappa shape index (κ2) is 6.91. The average molecular weight is 280 g/mol. The number of nitrogens with one attached hydrogen (secondary N) is 1. The van der Waals surface area contributed by atoms with Crippen LogP contribution in [0.15, 0.2) is 18.2 Å². The molecule has 0 aliphatic rings. The fraction of sp³-hybridized carbons (Fsp3) is 0.429. The Bertz CT molecular complexity index is 500. The molecule has 0 bridgehead atoms. The van der Waals surface area contributed by atoms with E-state index in [1.165, 1.54) is 17.0 Å². The highest BCUT2D eigenvalue weighted by Gasteiger charge is 2.17. The van der Waals surface area contributed by atoms with E-state index < -0.39 is 5.97 Å². The molecule has 0 fully saturated rings. The number of aliphatic hydroxyl groups excluding tert-OH is 1. The van der Waals surface area contributed by atoms with Gasteiger partial charge in [-0.3, -0.25) is 0 Å². The average Bonchev–Trinajstić information content (AvgIpc) is 2.37. The minimum atomic E-state index is -1.00. The Morgan fingerprint density at radius 2 is 2.00 bits per heavy atom. The minimum Gasteiger partial charge on any atom is -0.478 e. The molecule has 20 heavy (non-hydrogen) atoms. The van der Waals surface area contributed by atoms with Crippen molar-refractivity contribution in [2.75, 3.05) is 18.5 Å². The molecule has 0 spiro atoms. The quantitative estimate of drug-likeness (QED) is 0.768. The predicted molar refractivity (Wildman–Crippen MR) is 76.1 cm³/mol. The van der Waals surface area contributed by atoms with Gasteiger partial charge in [0.1, 0.15) is 0 Å². The van der Waals surface area contributed by atoms with Gasteiger partial charge in [-0.1, -0.05) is 0 Å². The molecule has 0 heterocycles. The summed E-state index contributed by atoms with van der Waals surface area (Å²) in [7, 11) is 0. The van der Waals surface area contributed by atoms with Crippen molar-refractivity contribution in [1.29, 1.82) is 0 Å². The van der Waals surface area contributed by atoms with Crippen LogP contribution in [0.4, 0.5) is 10.5 Å². The van der Waals surface area contributed by atoms with Gasteiger partial charge >= 0.3 is 12.0 Å². The Balaban J connectivity index is 2.87. The van der Waals surface area contributed by atoms with Crippen LogP contribution in [-0.4, -0.2) is 46.3 Å². The Kier molecular flexibility index (Phi) is 5.52. The molecule has 0 saturated carbocycles. The van der Waals surface area contributed by atoms with E-state index in [-0.39, 0.29) is 30.8 Å². The molecule has 0 atom stereocenters. The van der Waals surface area contributed by atoms with Crippen LogP contribution in [0.1, 0.15) is 29.8 Å². The monoisotopic (exact) mass is 280 g/mol. The van der Waals surface area contributed by atoms with Crippen LogP contribution >= 0.6 is 0 Å². The van der Waals surface area contributed by atoms with E-state index >= 15 is 0 Å². The zero-order valence-electron chi connectivity index (χ0n) is 11.9. The molecular weight excluding hydrogens is 260 g/mol. The molecule has 0 aliphatic heterocycles. The van der Waals surface area contributed by atoms with Crippen molar-refractivity contribution >= 4 is 17.7 Å². The third kappa shape index (κ3) is 3.96. The van der Waals surface area contributed by atoms with Crippen molar-refractivity contribution < 1.29 is 19.8 Å². The number of carbonyl (C=O) groups is 2. The van der Waals surface area contributed by atoms with Crippen LogP contribution in [0.25, 0.3) is 0 Å². The van der Waals surface area contributed by atoms with Crippen molar-refractivity contribution in [3.05, 3.63) is 29.3 Å². The van der Waals surface area contributed by atoms with Gasteiger partial charge in [0.2, 0.25) is 0 Å². The summed E-state index contributed by atoms with van der Waals surface area (Å²) in [5.41, 5.74) is 1.41. The van der Waals surface area contributed by atoms with E-state index in [1.807, 2.05) is 13.8 Å². The van der Waals surface area contributed by atoms with Crippen molar-refractivity contribution in [1.82, 2.24) is 4.90 Å². The van der Waals surface area contributed by atoms with Gasteiger partial charge in [0.25, 0.3) is 0 Å². The van der Waals surface area contributed by atoms with Gasteiger partial charge in [-0.25, -0.2) is 9.59 Å². The molecule has 6 nitrogen and oxygen atoms in total. The summed E-state index contributed by atoms with van der Waals surface area (Å²) in [4.78, 5) is 24.5. The van der Waals surface area contributed by atoms with Crippen molar-refractivity contribution in [3.63, 3.8) is 0 Å². The number of nitrogens with zero attached hydrogens (tertiary/aromatic N) is 1. The fourth-order valence-electron chi connectivity index (χ4n) is 1.83. The number of carbonyl (C=O) groups excluding carboxylic acids is 1. The fourth-order valence-corrected chi connectivity index (χ4v) is 1.83. The summed E-state index contributed by atoms with van der Waals surface area (Å²) in [6, 6.07) is 4.15. The number of carboxylic acid groups (broad SMARTS) is 1. The van der Waals surface area contributed by atoms with Gasteiger partial charge in [0.05, 0.1) is 12.2 Å². The topological polar surface area (TPSA) is 89.9 Å². The van der Waals surface area contributed by atoms with Crippen LogP contribution in [0.3, 0.4) is 0 Å². The predicted octanol–water partition coefficient (Wildman–Crippen LogP) is 1.93. The lowest BCUT2D eigenvalue weighted by Crippen LogP contribution is -2.41. The zero-order valence-corrected chi connectivity index (χ0v) is 11.9. The number of benzene rings is 1. The molecule has 1 aromatic rings. The molecule has 3 N–H and O–H groups in total. The number of rotatable bonds is 5. The maximum absolute atomic E-state index is 12.1. The number of carboxylic acids is 1. The Morgan fingerprint density at radius 3 is 2.45 bits per heavy atom. The van der Waals surface area contributed by atoms with E-state index in [0.717, 1.165) is 0 Å². The van der Waals surface area contributed by atoms with E-state index in [2.05, 4.69) is 5.32 Å². The van der Waals surface area contributed by atoms with E-state index in [9.17, 15) is 9.59 Å². The first-order chi connectivity index (χ1) is 9.36. The number of aromatic carboxylic acids is 1. The molecule has 1 aromatic carbocycles. The second-order valence-electron chi connectivity index (χ2n) is 4.78. The first-order valence-corrected chi connectivity index (χ1v) is 6.39. The number of urea groups is 1. The van der Waals surface area contributed by atoms with Crippen molar-refractivity contribution in [3.8, 4) is 0 Å². The highest BCUT2D eigenvalue weighted by molar-refractivity contribution is 5.92. The SMILES string of the molecule is Cc1cc(C(=O)O)ccc1NC(=O)N(CCO)C(C)C. The third-order valence-electron chi connectivity index (χ3n) is 2.94. The number of hydrogen-bond donors (Lipinski definition) is 3. The lowest BCUT2D eigenvalue weighted by Gasteiger charge is -2.26. The maximum Gasteiger partial charge on any atom is 0.335 e. The molecule has 0 aliphatic carbocycles. The van der Waals surface area contributed by atoms with Crippen LogP contribution < -0.4 is 5.32 Å². The first kappa shape index (κ1) is 16.0. The van der Waals surface area contributed by atoms with Crippen molar-refractivity contribution in [2.24, 2.45) is 0 Å². The van der Waals surface area contributed by atoms with Gasteiger partial charge < -0.3 is 20.4 Å². The number of aryl methyl sites for hydroxylation is 1. The van der Waals surface area contributed by atoms with Crippen LogP contribution in [0, 0.1) is 6.92 Å². The largest absolute Gasteiger partial charge is 0.478 e. The molecule has 2 amide bonds. The smallest absolute Gasteiger partial charge is 0.335 e. The van der Waals surface area contributed by atoms with Crippen molar-refractivity contribution in [2.45, 2.75) is 26.8 Å². The standard InChI is InChI=1S/C14H20N2O4/c1-9(2)16(6-7-17)14(20)15-12-5-4-11(13(18)19)8-10(12)3/h4-5,8-9,17H,6-7H2,1-3H3,(H,15,20)(H,18,19). The van der Waals surface area contributed by atoms with E-state index in [0.29, 0.717) is 11.3 Å². The normalized spacial score (nSPS) is 10.4. The molecule has 0 unspecified atom stereocenters. The molecule has 110 valence electrons. The Labute approximate surface area is 118 Å². The maximum atomic E-state index is 12.1. The Hall–Kier alpha value is -2.08.